The number of nitro groups is 1. The molecule has 8 heteroatoms. The summed E-state index contributed by atoms with van der Waals surface area (Å²) in [5.41, 5.74) is -0.0496. The highest BCUT2D eigenvalue weighted by Crippen LogP contribution is 2.31. The summed E-state index contributed by atoms with van der Waals surface area (Å²) >= 11 is 5.96. The molecule has 1 heterocycles. The molecule has 1 aromatic rings. The third kappa shape index (κ3) is 4.48. The lowest BCUT2D eigenvalue weighted by Crippen LogP contribution is -2.50. The number of hydrogen-bond acceptors (Lipinski definition) is 5. The largest absolute Gasteiger partial charge is 0.444 e. The molecule has 1 saturated heterocycles. The Morgan fingerprint density at radius 1 is 1.26 bits per heavy atom. The van der Waals surface area contributed by atoms with Crippen LogP contribution in [0.25, 0.3) is 0 Å². The van der Waals surface area contributed by atoms with Crippen molar-refractivity contribution in [1.29, 1.82) is 0 Å². The summed E-state index contributed by atoms with van der Waals surface area (Å²) in [5.74, 6) is 0. The average molecular weight is 342 g/mol. The fourth-order valence-corrected chi connectivity index (χ4v) is 2.53. The molecule has 23 heavy (non-hydrogen) atoms. The molecule has 0 aliphatic carbocycles. The topological polar surface area (TPSA) is 75.9 Å². The normalized spacial score (nSPS) is 15.5. The van der Waals surface area contributed by atoms with E-state index in [1.165, 1.54) is 12.1 Å². The summed E-state index contributed by atoms with van der Waals surface area (Å²) in [5, 5.41) is 11.6. The van der Waals surface area contributed by atoms with Crippen molar-refractivity contribution in [1.82, 2.24) is 4.90 Å². The molecular weight excluding hydrogens is 322 g/mol. The fraction of sp³-hybridized carbons (Fsp3) is 0.533. The van der Waals surface area contributed by atoms with Gasteiger partial charge in [0.2, 0.25) is 0 Å². The molecule has 126 valence electrons. The van der Waals surface area contributed by atoms with E-state index in [9.17, 15) is 14.9 Å². The van der Waals surface area contributed by atoms with Crippen LogP contribution in [0.5, 0.6) is 0 Å². The molecule has 1 aliphatic rings. The molecule has 0 aromatic heterocycles. The number of nitrogens with zero attached hydrogens (tertiary/aromatic N) is 3. The van der Waals surface area contributed by atoms with Gasteiger partial charge in [-0.25, -0.2) is 4.79 Å². The predicted octanol–water partition coefficient (Wildman–Crippen LogP) is 3.31. The summed E-state index contributed by atoms with van der Waals surface area (Å²) in [6.07, 6.45) is -0.363. The van der Waals surface area contributed by atoms with E-state index in [2.05, 4.69) is 0 Å². The van der Waals surface area contributed by atoms with Gasteiger partial charge >= 0.3 is 6.09 Å². The van der Waals surface area contributed by atoms with Gasteiger partial charge in [-0.2, -0.15) is 0 Å². The van der Waals surface area contributed by atoms with Crippen molar-refractivity contribution >= 4 is 29.1 Å². The molecule has 0 saturated carbocycles. The monoisotopic (exact) mass is 341 g/mol. The van der Waals surface area contributed by atoms with Crippen molar-refractivity contribution in [3.63, 3.8) is 0 Å². The number of carbonyl (C=O) groups excluding carboxylic acids is 1. The van der Waals surface area contributed by atoms with Crippen molar-refractivity contribution < 1.29 is 14.5 Å². The fourth-order valence-electron chi connectivity index (χ4n) is 2.36. The van der Waals surface area contributed by atoms with E-state index in [-0.39, 0.29) is 11.8 Å². The van der Waals surface area contributed by atoms with E-state index in [1.54, 1.807) is 11.0 Å². The third-order valence-electron chi connectivity index (χ3n) is 3.41. The van der Waals surface area contributed by atoms with Gasteiger partial charge in [0.25, 0.3) is 5.69 Å². The Labute approximate surface area is 139 Å². The van der Waals surface area contributed by atoms with E-state index < -0.39 is 10.5 Å². The van der Waals surface area contributed by atoms with Gasteiger partial charge in [0.15, 0.2) is 0 Å². The maximum Gasteiger partial charge on any atom is 0.410 e. The maximum atomic E-state index is 12.0. The van der Waals surface area contributed by atoms with Crippen molar-refractivity contribution in [2.24, 2.45) is 0 Å². The van der Waals surface area contributed by atoms with Crippen molar-refractivity contribution in [3.8, 4) is 0 Å². The molecule has 7 nitrogen and oxygen atoms in total. The number of anilines is 1. The highest BCUT2D eigenvalue weighted by atomic mass is 35.5. The average Bonchev–Trinajstić information content (AvgIpc) is 2.45. The van der Waals surface area contributed by atoms with Crippen LogP contribution in [0.15, 0.2) is 18.2 Å². The highest BCUT2D eigenvalue weighted by Gasteiger charge is 2.28. The Morgan fingerprint density at radius 3 is 2.39 bits per heavy atom. The molecule has 0 spiro atoms. The first kappa shape index (κ1) is 17.3. The van der Waals surface area contributed by atoms with Crippen LogP contribution < -0.4 is 4.90 Å². The Balaban J connectivity index is 2.06. The SMILES string of the molecule is CC(C)(C)OC(=O)N1CCN(c2cc(Cl)ccc2[N+](=O)[O-])CC1. The summed E-state index contributed by atoms with van der Waals surface area (Å²) < 4.78 is 5.34. The van der Waals surface area contributed by atoms with Crippen LogP contribution in [0.1, 0.15) is 20.8 Å². The standard InChI is InChI=1S/C15H20ClN3O4/c1-15(2,3)23-14(20)18-8-6-17(7-9-18)13-10-11(16)4-5-12(13)19(21)22/h4-5,10H,6-9H2,1-3H3. The molecule has 0 atom stereocenters. The minimum absolute atomic E-state index is 0.0140. The molecule has 0 N–H and O–H groups in total. The molecular formula is C15H20ClN3O4. The van der Waals surface area contributed by atoms with Crippen molar-refractivity contribution in [2.75, 3.05) is 31.1 Å². The van der Waals surface area contributed by atoms with Crippen LogP contribution in [0, 0.1) is 10.1 Å². The second kappa shape index (κ2) is 6.62. The van der Waals surface area contributed by atoms with Gasteiger partial charge in [-0.05, 0) is 32.9 Å². The molecule has 1 aliphatic heterocycles. The number of rotatable bonds is 2. The minimum atomic E-state index is -0.542. The van der Waals surface area contributed by atoms with E-state index in [0.717, 1.165) is 0 Å². The summed E-state index contributed by atoms with van der Waals surface area (Å²) in [6.45, 7) is 7.31. The number of hydrogen-bond donors (Lipinski definition) is 0. The van der Waals surface area contributed by atoms with Gasteiger partial charge in [-0.3, -0.25) is 10.1 Å². The zero-order valence-electron chi connectivity index (χ0n) is 13.4. The van der Waals surface area contributed by atoms with Crippen LogP contribution in [-0.4, -0.2) is 47.7 Å². The summed E-state index contributed by atoms with van der Waals surface area (Å²) in [7, 11) is 0. The molecule has 1 fully saturated rings. The molecule has 0 unspecified atom stereocenters. The quantitative estimate of drug-likeness (QED) is 0.609. The number of ether oxygens (including phenoxy) is 1. The number of amides is 1. The number of nitro benzene ring substituents is 1. The summed E-state index contributed by atoms with van der Waals surface area (Å²) in [6, 6.07) is 4.49. The number of piperazine rings is 1. The first-order valence-electron chi connectivity index (χ1n) is 7.34. The van der Waals surface area contributed by atoms with E-state index >= 15 is 0 Å². The van der Waals surface area contributed by atoms with Crippen molar-refractivity contribution in [2.45, 2.75) is 26.4 Å². The second-order valence-electron chi connectivity index (χ2n) is 6.34. The van der Waals surface area contributed by atoms with Crippen LogP contribution in [-0.2, 0) is 4.74 Å². The Bertz CT molecular complexity index is 607. The van der Waals surface area contributed by atoms with Gasteiger partial charge in [0.05, 0.1) is 4.92 Å². The highest BCUT2D eigenvalue weighted by molar-refractivity contribution is 6.31. The molecule has 1 amide bonds. The van der Waals surface area contributed by atoms with Gasteiger partial charge in [0, 0.05) is 37.3 Å². The third-order valence-corrected chi connectivity index (χ3v) is 3.64. The number of halogens is 1. The molecule has 0 radical (unpaired) electrons. The molecule has 1 aromatic carbocycles. The lowest BCUT2D eigenvalue weighted by molar-refractivity contribution is -0.384. The lowest BCUT2D eigenvalue weighted by Gasteiger charge is -2.36. The van der Waals surface area contributed by atoms with E-state index in [1.807, 2.05) is 25.7 Å². The zero-order valence-corrected chi connectivity index (χ0v) is 14.2. The van der Waals surface area contributed by atoms with E-state index in [0.29, 0.717) is 36.9 Å². The van der Waals surface area contributed by atoms with Crippen LogP contribution in [0.3, 0.4) is 0 Å². The molecule has 0 bridgehead atoms. The Hall–Kier alpha value is -2.02. The van der Waals surface area contributed by atoms with Gasteiger partial charge in [0.1, 0.15) is 11.3 Å². The van der Waals surface area contributed by atoms with Gasteiger partial charge in [-0.1, -0.05) is 11.6 Å². The Morgan fingerprint density at radius 2 is 1.87 bits per heavy atom. The van der Waals surface area contributed by atoms with Crippen LogP contribution in [0.2, 0.25) is 5.02 Å². The van der Waals surface area contributed by atoms with Crippen molar-refractivity contribution in [3.05, 3.63) is 33.3 Å². The first-order chi connectivity index (χ1) is 10.7. The summed E-state index contributed by atoms with van der Waals surface area (Å²) in [4.78, 5) is 26.2. The number of carbonyl (C=O) groups is 1. The van der Waals surface area contributed by atoms with Gasteiger partial charge < -0.3 is 14.5 Å². The van der Waals surface area contributed by atoms with E-state index in [4.69, 9.17) is 16.3 Å². The Kier molecular flexibility index (Phi) is 4.99. The lowest BCUT2D eigenvalue weighted by atomic mass is 10.2. The predicted molar refractivity (Wildman–Crippen MR) is 88.1 cm³/mol. The number of benzene rings is 1. The smallest absolute Gasteiger partial charge is 0.410 e. The zero-order chi connectivity index (χ0) is 17.2. The first-order valence-corrected chi connectivity index (χ1v) is 7.72. The maximum absolute atomic E-state index is 12.0. The van der Waals surface area contributed by atoms with Gasteiger partial charge in [-0.15, -0.1) is 0 Å². The van der Waals surface area contributed by atoms with Crippen LogP contribution in [0.4, 0.5) is 16.2 Å². The molecule has 2 rings (SSSR count). The minimum Gasteiger partial charge on any atom is -0.444 e. The second-order valence-corrected chi connectivity index (χ2v) is 6.78. The van der Waals surface area contributed by atoms with Crippen LogP contribution >= 0.6 is 11.6 Å².